The van der Waals surface area contributed by atoms with E-state index in [9.17, 15) is 14.4 Å². The number of rotatable bonds is 5. The average Bonchev–Trinajstić information content (AvgIpc) is 2.80. The highest BCUT2D eigenvalue weighted by molar-refractivity contribution is 7.99. The van der Waals surface area contributed by atoms with Crippen LogP contribution in [-0.2, 0) is 4.74 Å². The van der Waals surface area contributed by atoms with E-state index < -0.39 is 5.97 Å². The molecule has 9 heteroatoms. The SMILES string of the molecule is COC(=O)c1cccc(NC(=O)c2ccc(Sc3c(C)ccc4nc(N)[nH]c(=O)c34)cc2)c1. The second kappa shape index (κ2) is 9.17. The molecule has 0 unspecified atom stereocenters. The quantitative estimate of drug-likeness (QED) is 0.384. The Hall–Kier alpha value is -4.11. The zero-order valence-corrected chi connectivity index (χ0v) is 18.7. The van der Waals surface area contributed by atoms with Gasteiger partial charge < -0.3 is 15.8 Å². The Morgan fingerprint density at radius 3 is 2.55 bits per heavy atom. The number of aromatic nitrogens is 2. The van der Waals surface area contributed by atoms with Crippen LogP contribution in [0.3, 0.4) is 0 Å². The summed E-state index contributed by atoms with van der Waals surface area (Å²) in [5.74, 6) is -0.723. The van der Waals surface area contributed by atoms with Gasteiger partial charge in [0.2, 0.25) is 5.95 Å². The molecule has 4 N–H and O–H groups in total. The summed E-state index contributed by atoms with van der Waals surface area (Å²) in [7, 11) is 1.30. The third kappa shape index (κ3) is 4.73. The van der Waals surface area contributed by atoms with Crippen LogP contribution in [0, 0.1) is 6.92 Å². The Balaban J connectivity index is 1.55. The maximum Gasteiger partial charge on any atom is 0.337 e. The Kier molecular flexibility index (Phi) is 6.14. The zero-order valence-electron chi connectivity index (χ0n) is 17.8. The minimum absolute atomic E-state index is 0.0693. The fourth-order valence-electron chi connectivity index (χ4n) is 3.29. The van der Waals surface area contributed by atoms with Crippen LogP contribution in [0.15, 0.2) is 75.2 Å². The molecule has 4 aromatic rings. The molecule has 1 aromatic heterocycles. The van der Waals surface area contributed by atoms with Gasteiger partial charge in [0, 0.05) is 21.0 Å². The van der Waals surface area contributed by atoms with E-state index in [1.807, 2.05) is 25.1 Å². The van der Waals surface area contributed by atoms with Crippen molar-refractivity contribution >= 4 is 46.2 Å². The predicted molar refractivity (Wildman–Crippen MR) is 128 cm³/mol. The fraction of sp³-hybridized carbons (Fsp3) is 0.0833. The number of nitrogen functional groups attached to an aromatic ring is 1. The van der Waals surface area contributed by atoms with Gasteiger partial charge in [-0.25, -0.2) is 9.78 Å². The second-order valence-corrected chi connectivity index (χ2v) is 8.29. The Bertz CT molecular complexity index is 1430. The number of nitrogens with zero attached hydrogens (tertiary/aromatic N) is 1. The smallest absolute Gasteiger partial charge is 0.337 e. The lowest BCUT2D eigenvalue weighted by molar-refractivity contribution is 0.0600. The number of fused-ring (bicyclic) bond motifs is 1. The number of benzene rings is 3. The highest BCUT2D eigenvalue weighted by Crippen LogP contribution is 2.34. The van der Waals surface area contributed by atoms with Crippen molar-refractivity contribution in [3.63, 3.8) is 0 Å². The third-order valence-corrected chi connectivity index (χ3v) is 6.16. The normalized spacial score (nSPS) is 10.7. The molecule has 0 saturated heterocycles. The van der Waals surface area contributed by atoms with Gasteiger partial charge in [-0.3, -0.25) is 14.6 Å². The first-order valence-corrected chi connectivity index (χ1v) is 10.7. The summed E-state index contributed by atoms with van der Waals surface area (Å²) in [6.07, 6.45) is 0. The van der Waals surface area contributed by atoms with E-state index in [1.54, 1.807) is 42.5 Å². The lowest BCUT2D eigenvalue weighted by atomic mass is 10.1. The van der Waals surface area contributed by atoms with Crippen LogP contribution >= 0.6 is 11.8 Å². The first-order chi connectivity index (χ1) is 15.9. The van der Waals surface area contributed by atoms with Crippen LogP contribution in [0.5, 0.6) is 0 Å². The lowest BCUT2D eigenvalue weighted by Gasteiger charge is -2.10. The molecule has 166 valence electrons. The van der Waals surface area contributed by atoms with Gasteiger partial charge in [-0.05, 0) is 61.0 Å². The maximum absolute atomic E-state index is 12.6. The Morgan fingerprint density at radius 2 is 1.82 bits per heavy atom. The van der Waals surface area contributed by atoms with E-state index >= 15 is 0 Å². The van der Waals surface area contributed by atoms with Crippen LogP contribution < -0.4 is 16.6 Å². The number of nitrogens with one attached hydrogen (secondary N) is 2. The molecule has 0 radical (unpaired) electrons. The summed E-state index contributed by atoms with van der Waals surface area (Å²) in [5, 5.41) is 3.25. The summed E-state index contributed by atoms with van der Waals surface area (Å²) >= 11 is 1.41. The van der Waals surface area contributed by atoms with Crippen molar-refractivity contribution in [3.05, 3.63) is 87.7 Å². The number of H-pyrrole nitrogens is 1. The number of carbonyl (C=O) groups is 2. The number of nitrogens with two attached hydrogens (primary N) is 1. The van der Waals surface area contributed by atoms with Crippen LogP contribution in [0.1, 0.15) is 26.3 Å². The number of carbonyl (C=O) groups excluding carboxylic acids is 2. The molecule has 0 aliphatic rings. The zero-order chi connectivity index (χ0) is 23.5. The number of anilines is 2. The van der Waals surface area contributed by atoms with Crippen LogP contribution in [0.2, 0.25) is 0 Å². The van der Waals surface area contributed by atoms with E-state index in [1.165, 1.54) is 18.9 Å². The molecule has 33 heavy (non-hydrogen) atoms. The molecule has 8 nitrogen and oxygen atoms in total. The molecule has 3 aromatic carbocycles. The van der Waals surface area contributed by atoms with Crippen LogP contribution in [0.25, 0.3) is 10.9 Å². The van der Waals surface area contributed by atoms with Crippen molar-refractivity contribution in [1.82, 2.24) is 9.97 Å². The first kappa shape index (κ1) is 22.1. The molecule has 0 atom stereocenters. The molecule has 0 fully saturated rings. The number of aryl methyl sites for hydroxylation is 1. The van der Waals surface area contributed by atoms with Gasteiger partial charge in [0.15, 0.2) is 0 Å². The molecule has 1 amide bonds. The summed E-state index contributed by atoms with van der Waals surface area (Å²) in [6, 6.07) is 17.2. The number of esters is 1. The minimum Gasteiger partial charge on any atom is -0.465 e. The fourth-order valence-corrected chi connectivity index (χ4v) is 4.33. The minimum atomic E-state index is -0.479. The standard InChI is InChI=1S/C24H20N4O4S/c1-13-6-11-18-19(22(30)28-24(25)27-18)20(13)33-17-9-7-14(8-10-17)21(29)26-16-5-3-4-15(12-16)23(31)32-2/h3-12H,1-2H3,(H,26,29)(H3,25,27,28,30). The van der Waals surface area contributed by atoms with Gasteiger partial charge in [0.1, 0.15) is 0 Å². The highest BCUT2D eigenvalue weighted by Gasteiger charge is 2.13. The number of methoxy groups -OCH3 is 1. The van der Waals surface area contributed by atoms with Crippen LogP contribution in [-0.4, -0.2) is 29.0 Å². The van der Waals surface area contributed by atoms with Crippen molar-refractivity contribution in [3.8, 4) is 0 Å². The molecule has 0 spiro atoms. The molecule has 0 aliphatic carbocycles. The Morgan fingerprint density at radius 1 is 1.06 bits per heavy atom. The Labute approximate surface area is 193 Å². The van der Waals surface area contributed by atoms with Crippen molar-refractivity contribution < 1.29 is 14.3 Å². The van der Waals surface area contributed by atoms with E-state index in [0.29, 0.717) is 27.7 Å². The highest BCUT2D eigenvalue weighted by atomic mass is 32.2. The molecule has 0 aliphatic heterocycles. The van der Waals surface area contributed by atoms with E-state index in [2.05, 4.69) is 15.3 Å². The van der Waals surface area contributed by atoms with Crippen molar-refractivity contribution in [1.29, 1.82) is 0 Å². The van der Waals surface area contributed by atoms with Gasteiger partial charge in [-0.15, -0.1) is 0 Å². The molecule has 0 bridgehead atoms. The summed E-state index contributed by atoms with van der Waals surface area (Å²) in [5.41, 5.74) is 8.09. The van der Waals surface area contributed by atoms with Crippen molar-refractivity contribution in [2.45, 2.75) is 16.7 Å². The first-order valence-electron chi connectivity index (χ1n) is 9.92. The van der Waals surface area contributed by atoms with Gasteiger partial charge >= 0.3 is 5.97 Å². The number of hydrogen-bond acceptors (Lipinski definition) is 7. The number of amides is 1. The largest absolute Gasteiger partial charge is 0.465 e. The monoisotopic (exact) mass is 460 g/mol. The predicted octanol–water partition coefficient (Wildman–Crippen LogP) is 4.00. The van der Waals surface area contributed by atoms with Gasteiger partial charge in [0.05, 0.1) is 23.6 Å². The molecular weight excluding hydrogens is 440 g/mol. The maximum atomic E-state index is 12.6. The molecular formula is C24H20N4O4S. The molecule has 0 saturated carbocycles. The van der Waals surface area contributed by atoms with Crippen molar-refractivity contribution in [2.24, 2.45) is 0 Å². The van der Waals surface area contributed by atoms with E-state index in [0.717, 1.165) is 15.4 Å². The summed E-state index contributed by atoms with van der Waals surface area (Å²) in [6.45, 7) is 1.92. The second-order valence-electron chi connectivity index (χ2n) is 7.21. The van der Waals surface area contributed by atoms with E-state index in [-0.39, 0.29) is 17.4 Å². The van der Waals surface area contributed by atoms with Gasteiger partial charge in [-0.1, -0.05) is 23.9 Å². The third-order valence-electron chi connectivity index (χ3n) is 4.92. The number of ether oxygens (including phenoxy) is 1. The number of aromatic amines is 1. The van der Waals surface area contributed by atoms with Crippen LogP contribution in [0.4, 0.5) is 11.6 Å². The molecule has 4 rings (SSSR count). The van der Waals surface area contributed by atoms with E-state index in [4.69, 9.17) is 10.5 Å². The summed E-state index contributed by atoms with van der Waals surface area (Å²) in [4.78, 5) is 45.2. The van der Waals surface area contributed by atoms with Crippen molar-refractivity contribution in [2.75, 3.05) is 18.2 Å². The topological polar surface area (TPSA) is 127 Å². The van der Waals surface area contributed by atoms with Gasteiger partial charge in [-0.2, -0.15) is 0 Å². The average molecular weight is 461 g/mol. The number of hydrogen-bond donors (Lipinski definition) is 3. The molecule has 1 heterocycles. The van der Waals surface area contributed by atoms with Gasteiger partial charge in [0.25, 0.3) is 11.5 Å². The summed E-state index contributed by atoms with van der Waals surface area (Å²) < 4.78 is 4.71. The lowest BCUT2D eigenvalue weighted by Crippen LogP contribution is -2.12.